The maximum absolute atomic E-state index is 12.9. The van der Waals surface area contributed by atoms with E-state index in [1.807, 2.05) is 37.3 Å². The molecule has 3 nitrogen and oxygen atoms in total. The number of carbonyl (C=O) groups excluding carboxylic acids is 1. The van der Waals surface area contributed by atoms with Gasteiger partial charge in [0.25, 0.3) is 0 Å². The van der Waals surface area contributed by atoms with Gasteiger partial charge in [0.05, 0.1) is 11.5 Å². The molecular weight excluding hydrogens is 331 g/mol. The number of carbonyl (C=O) groups is 1. The van der Waals surface area contributed by atoms with E-state index in [2.05, 4.69) is 5.32 Å². The van der Waals surface area contributed by atoms with Crippen LogP contribution in [0.15, 0.2) is 48.5 Å². The number of phenolic OH excluding ortho intramolecular Hbond substituents is 1. The van der Waals surface area contributed by atoms with Crippen LogP contribution in [0.2, 0.25) is 0 Å². The van der Waals surface area contributed by atoms with Gasteiger partial charge < -0.3 is 10.4 Å². The highest BCUT2D eigenvalue weighted by Crippen LogP contribution is 2.34. The summed E-state index contributed by atoms with van der Waals surface area (Å²) >= 11 is 0. The molecule has 0 aliphatic carbocycles. The van der Waals surface area contributed by atoms with Crippen molar-refractivity contribution in [2.45, 2.75) is 38.4 Å². The van der Waals surface area contributed by atoms with Gasteiger partial charge in [-0.1, -0.05) is 30.3 Å². The molecule has 0 saturated heterocycles. The van der Waals surface area contributed by atoms with E-state index in [9.17, 15) is 23.1 Å². The second-order valence-electron chi connectivity index (χ2n) is 6.13. The number of benzene rings is 2. The zero-order chi connectivity index (χ0) is 18.6. The van der Waals surface area contributed by atoms with E-state index in [0.717, 1.165) is 11.6 Å². The van der Waals surface area contributed by atoms with E-state index in [1.165, 1.54) is 13.0 Å². The van der Waals surface area contributed by atoms with Crippen LogP contribution in [-0.4, -0.2) is 17.1 Å². The number of phenols is 1. The zero-order valence-electron chi connectivity index (χ0n) is 14.0. The second-order valence-corrected chi connectivity index (χ2v) is 6.13. The molecule has 0 fully saturated rings. The van der Waals surface area contributed by atoms with Gasteiger partial charge in [-0.2, -0.15) is 13.2 Å². The van der Waals surface area contributed by atoms with Crippen molar-refractivity contribution < 1.29 is 23.1 Å². The number of rotatable bonds is 5. The van der Waals surface area contributed by atoms with Crippen LogP contribution in [0.1, 0.15) is 36.5 Å². The molecule has 134 valence electrons. The summed E-state index contributed by atoms with van der Waals surface area (Å²) in [5, 5.41) is 12.3. The number of nitrogens with one attached hydrogen (secondary N) is 1. The molecule has 0 heterocycles. The fourth-order valence-corrected chi connectivity index (χ4v) is 2.59. The first kappa shape index (κ1) is 18.8. The second kappa shape index (κ2) is 7.59. The fourth-order valence-electron chi connectivity index (χ4n) is 2.59. The summed E-state index contributed by atoms with van der Waals surface area (Å²) in [5.74, 6) is -1.71. The van der Waals surface area contributed by atoms with E-state index in [-0.39, 0.29) is 17.5 Å². The Morgan fingerprint density at radius 2 is 1.76 bits per heavy atom. The highest BCUT2D eigenvalue weighted by molar-refractivity contribution is 5.83. The Morgan fingerprint density at radius 3 is 2.36 bits per heavy atom. The third-order valence-electron chi connectivity index (χ3n) is 3.93. The molecule has 2 N–H and O–H groups in total. The molecule has 0 bridgehead atoms. The van der Waals surface area contributed by atoms with E-state index < -0.39 is 23.4 Å². The normalized spacial score (nSPS) is 14.0. The molecule has 1 unspecified atom stereocenters. The highest BCUT2D eigenvalue weighted by atomic mass is 19.4. The van der Waals surface area contributed by atoms with Crippen molar-refractivity contribution in [2.24, 2.45) is 0 Å². The molecule has 0 aliphatic heterocycles. The lowest BCUT2D eigenvalue weighted by molar-refractivity contribution is -0.137. The number of aromatic hydroxyl groups is 1. The first-order valence-corrected chi connectivity index (χ1v) is 7.92. The number of halogens is 3. The van der Waals surface area contributed by atoms with E-state index in [1.54, 1.807) is 0 Å². The van der Waals surface area contributed by atoms with Crippen molar-refractivity contribution in [2.75, 3.05) is 0 Å². The molecular formula is C19H20F3NO2. The SMILES string of the molecule is CC(C(=O)N[C@H](C)Cc1ccccc1)c1cc(O)cc(C(F)(F)F)c1. The number of alkyl halides is 3. The Balaban J connectivity index is 2.08. The van der Waals surface area contributed by atoms with Crippen molar-refractivity contribution in [1.29, 1.82) is 0 Å². The summed E-state index contributed by atoms with van der Waals surface area (Å²) in [6.45, 7) is 3.35. The summed E-state index contributed by atoms with van der Waals surface area (Å²) in [6.07, 6.45) is -3.96. The summed E-state index contributed by atoms with van der Waals surface area (Å²) in [6, 6.07) is 12.1. The van der Waals surface area contributed by atoms with Gasteiger partial charge in [0.1, 0.15) is 5.75 Å². The van der Waals surface area contributed by atoms with Crippen molar-refractivity contribution in [1.82, 2.24) is 5.32 Å². The molecule has 0 aromatic heterocycles. The maximum atomic E-state index is 12.9. The lowest BCUT2D eigenvalue weighted by Gasteiger charge is -2.19. The van der Waals surface area contributed by atoms with Crippen LogP contribution < -0.4 is 5.32 Å². The highest BCUT2D eigenvalue weighted by Gasteiger charge is 2.32. The lowest BCUT2D eigenvalue weighted by atomic mass is 9.97. The minimum Gasteiger partial charge on any atom is -0.508 e. The van der Waals surface area contributed by atoms with Gasteiger partial charge in [-0.05, 0) is 49.6 Å². The van der Waals surface area contributed by atoms with Crippen LogP contribution in [0.4, 0.5) is 13.2 Å². The zero-order valence-corrected chi connectivity index (χ0v) is 14.0. The van der Waals surface area contributed by atoms with Crippen LogP contribution in [-0.2, 0) is 17.4 Å². The Kier molecular flexibility index (Phi) is 5.72. The van der Waals surface area contributed by atoms with E-state index in [4.69, 9.17) is 0 Å². The quantitative estimate of drug-likeness (QED) is 0.846. The molecule has 2 rings (SSSR count). The summed E-state index contributed by atoms with van der Waals surface area (Å²) in [4.78, 5) is 12.3. The van der Waals surface area contributed by atoms with E-state index >= 15 is 0 Å². The van der Waals surface area contributed by atoms with Crippen LogP contribution in [0.5, 0.6) is 5.75 Å². The first-order chi connectivity index (χ1) is 11.7. The molecule has 0 spiro atoms. The summed E-state index contributed by atoms with van der Waals surface area (Å²) in [5.41, 5.74) is 0.205. The van der Waals surface area contributed by atoms with Gasteiger partial charge in [0.2, 0.25) is 5.91 Å². The van der Waals surface area contributed by atoms with Crippen LogP contribution in [0.25, 0.3) is 0 Å². The largest absolute Gasteiger partial charge is 0.508 e. The molecule has 6 heteroatoms. The molecule has 2 aromatic carbocycles. The molecule has 2 aromatic rings. The monoisotopic (exact) mass is 351 g/mol. The van der Waals surface area contributed by atoms with Crippen molar-refractivity contribution in [3.63, 3.8) is 0 Å². The van der Waals surface area contributed by atoms with Crippen LogP contribution in [0, 0.1) is 0 Å². The van der Waals surface area contributed by atoms with Crippen LogP contribution in [0.3, 0.4) is 0 Å². The number of amides is 1. The van der Waals surface area contributed by atoms with Crippen LogP contribution >= 0.6 is 0 Å². The summed E-state index contributed by atoms with van der Waals surface area (Å²) < 4.78 is 38.6. The minimum atomic E-state index is -4.58. The average Bonchev–Trinajstić information content (AvgIpc) is 2.53. The Morgan fingerprint density at radius 1 is 1.12 bits per heavy atom. The molecule has 0 saturated carbocycles. The third kappa shape index (κ3) is 5.24. The Hall–Kier alpha value is -2.50. The van der Waals surface area contributed by atoms with Gasteiger partial charge in [-0.3, -0.25) is 4.79 Å². The predicted octanol–water partition coefficient (Wildman–Crippen LogP) is 4.26. The molecule has 2 atom stereocenters. The third-order valence-corrected chi connectivity index (χ3v) is 3.93. The van der Waals surface area contributed by atoms with Gasteiger partial charge >= 0.3 is 6.18 Å². The average molecular weight is 351 g/mol. The van der Waals surface area contributed by atoms with Crippen molar-refractivity contribution in [3.05, 3.63) is 65.2 Å². The minimum absolute atomic E-state index is 0.122. The molecule has 0 radical (unpaired) electrons. The molecule has 25 heavy (non-hydrogen) atoms. The van der Waals surface area contributed by atoms with Gasteiger partial charge in [-0.15, -0.1) is 0 Å². The van der Waals surface area contributed by atoms with E-state index in [0.29, 0.717) is 12.5 Å². The van der Waals surface area contributed by atoms with Gasteiger partial charge in [-0.25, -0.2) is 0 Å². The number of hydrogen-bond acceptors (Lipinski definition) is 2. The smallest absolute Gasteiger partial charge is 0.416 e. The first-order valence-electron chi connectivity index (χ1n) is 7.92. The van der Waals surface area contributed by atoms with Crippen molar-refractivity contribution in [3.8, 4) is 5.75 Å². The summed E-state index contributed by atoms with van der Waals surface area (Å²) in [7, 11) is 0. The van der Waals surface area contributed by atoms with Gasteiger partial charge in [0.15, 0.2) is 0 Å². The lowest BCUT2D eigenvalue weighted by Crippen LogP contribution is -2.36. The predicted molar refractivity (Wildman–Crippen MR) is 89.3 cm³/mol. The molecule has 1 amide bonds. The molecule has 0 aliphatic rings. The standard InChI is InChI=1S/C19H20F3NO2/c1-12(8-14-6-4-3-5-7-14)23-18(25)13(2)15-9-16(19(20,21)22)11-17(24)10-15/h3-7,9-13,24H,8H2,1-2H3,(H,23,25)/t12-,13?/m1/s1. The number of hydrogen-bond donors (Lipinski definition) is 2. The van der Waals surface area contributed by atoms with Gasteiger partial charge in [0, 0.05) is 6.04 Å². The maximum Gasteiger partial charge on any atom is 0.416 e. The Bertz CT molecular complexity index is 729. The fraction of sp³-hybridized carbons (Fsp3) is 0.316. The topological polar surface area (TPSA) is 49.3 Å². The van der Waals surface area contributed by atoms with Crippen molar-refractivity contribution >= 4 is 5.91 Å². The Labute approximate surface area is 144 Å².